The zero-order chi connectivity index (χ0) is 26.0. The predicted octanol–water partition coefficient (Wildman–Crippen LogP) is 2.79. The number of Topliss-reactive ketones (excluding diaryl/α,β-unsaturated/α-hetero) is 1. The van der Waals surface area contributed by atoms with Crippen molar-refractivity contribution >= 4 is 46.7 Å². The molecule has 1 saturated carbocycles. The van der Waals surface area contributed by atoms with Gasteiger partial charge >= 0.3 is 0 Å². The number of rotatable bonds is 9. The molecule has 11 heteroatoms. The monoisotopic (exact) mass is 541 g/mol. The molecule has 0 spiro atoms. The van der Waals surface area contributed by atoms with Gasteiger partial charge in [0.2, 0.25) is 11.8 Å². The largest absolute Gasteiger partial charge is 0.482 e. The highest BCUT2D eigenvalue weighted by atomic mass is 35.5. The van der Waals surface area contributed by atoms with Gasteiger partial charge in [0.05, 0.1) is 11.1 Å². The molecule has 1 aliphatic carbocycles. The zero-order valence-corrected chi connectivity index (χ0v) is 21.5. The van der Waals surface area contributed by atoms with Gasteiger partial charge in [0.1, 0.15) is 18.5 Å². The Balaban J connectivity index is 1.47. The van der Waals surface area contributed by atoms with Gasteiger partial charge in [-0.15, -0.1) is 0 Å². The first-order valence-electron chi connectivity index (χ1n) is 12.2. The third kappa shape index (κ3) is 5.62. The summed E-state index contributed by atoms with van der Waals surface area (Å²) in [5.74, 6) is -1.99. The third-order valence-corrected chi connectivity index (χ3v) is 8.20. The van der Waals surface area contributed by atoms with Gasteiger partial charge in [0, 0.05) is 24.0 Å². The van der Waals surface area contributed by atoms with Crippen LogP contribution in [0, 0.1) is 23.7 Å². The normalized spacial score (nSPS) is 27.9. The fourth-order valence-electron chi connectivity index (χ4n) is 5.72. The Morgan fingerprint density at radius 1 is 1.28 bits per heavy atom. The van der Waals surface area contributed by atoms with E-state index in [1.807, 2.05) is 6.92 Å². The van der Waals surface area contributed by atoms with Crippen molar-refractivity contribution in [3.63, 3.8) is 0 Å². The van der Waals surface area contributed by atoms with E-state index in [9.17, 15) is 23.6 Å². The van der Waals surface area contributed by atoms with E-state index in [1.165, 1.54) is 11.0 Å². The maximum Gasteiger partial charge on any atom is 0.261 e. The van der Waals surface area contributed by atoms with Crippen LogP contribution in [-0.4, -0.2) is 66.9 Å². The lowest BCUT2D eigenvalue weighted by molar-refractivity contribution is -0.142. The van der Waals surface area contributed by atoms with Gasteiger partial charge in [-0.3, -0.25) is 19.2 Å². The lowest BCUT2D eigenvalue weighted by Gasteiger charge is -2.29. The molecule has 3 fully saturated rings. The minimum Gasteiger partial charge on any atom is -0.482 e. The molecule has 196 valence electrons. The summed E-state index contributed by atoms with van der Waals surface area (Å²) in [5, 5.41) is 6.12. The molecular formula is C25H30Cl2FN3O5. The Bertz CT molecular complexity index is 1040. The Labute approximate surface area is 219 Å². The summed E-state index contributed by atoms with van der Waals surface area (Å²) < 4.78 is 19.0. The molecule has 2 aliphatic heterocycles. The number of hydrogen-bond acceptors (Lipinski definition) is 5. The number of nitrogens with zero attached hydrogens (tertiary/aromatic N) is 1. The van der Waals surface area contributed by atoms with Crippen molar-refractivity contribution in [2.45, 2.75) is 44.7 Å². The van der Waals surface area contributed by atoms with Crippen LogP contribution in [0.15, 0.2) is 18.2 Å². The Morgan fingerprint density at radius 3 is 2.72 bits per heavy atom. The molecular weight excluding hydrogens is 512 g/mol. The smallest absolute Gasteiger partial charge is 0.261 e. The van der Waals surface area contributed by atoms with E-state index in [0.29, 0.717) is 23.9 Å². The average molecular weight is 542 g/mol. The fraction of sp³-hybridized carbons (Fsp3) is 0.600. The number of fused-ring (bicyclic) bond motifs is 1. The molecule has 0 radical (unpaired) electrons. The van der Waals surface area contributed by atoms with Crippen molar-refractivity contribution in [2.75, 3.05) is 26.4 Å². The second-order valence-electron chi connectivity index (χ2n) is 9.93. The number of benzene rings is 1. The van der Waals surface area contributed by atoms with E-state index in [2.05, 4.69) is 10.6 Å². The number of hydrogen-bond donors (Lipinski definition) is 2. The van der Waals surface area contributed by atoms with Crippen LogP contribution >= 0.6 is 23.2 Å². The van der Waals surface area contributed by atoms with Crippen LogP contribution in [0.3, 0.4) is 0 Å². The maximum absolute atomic E-state index is 13.5. The molecule has 6 atom stereocenters. The standard InChI is InChI=1S/C25H30Cl2FN3O5/c1-13-10-29-24(34)17(13)8-19(20(32)9-28)30-25(35)23-16-4-2-3-14(16)11-31(23)22(33)12-36-21-6-5-15(26)7-18(21)27/h5-7,13-14,16-17,19,23H,2-4,8-12H2,1H3,(H,29,34)(H,30,35)/t13?,14-,16?,17+,19-,23-/m0/s1. The fourth-order valence-corrected chi connectivity index (χ4v) is 6.18. The van der Waals surface area contributed by atoms with Gasteiger partial charge in [-0.05, 0) is 55.2 Å². The van der Waals surface area contributed by atoms with Gasteiger partial charge in [0.25, 0.3) is 5.91 Å². The topological polar surface area (TPSA) is 105 Å². The Hall–Kier alpha value is -2.39. The molecule has 0 aromatic heterocycles. The zero-order valence-electron chi connectivity index (χ0n) is 20.0. The number of ether oxygens (including phenoxy) is 1. The summed E-state index contributed by atoms with van der Waals surface area (Å²) >= 11 is 12.0. The summed E-state index contributed by atoms with van der Waals surface area (Å²) in [5.41, 5.74) is 0. The predicted molar refractivity (Wildman–Crippen MR) is 131 cm³/mol. The Morgan fingerprint density at radius 2 is 2.06 bits per heavy atom. The number of alkyl halides is 1. The van der Waals surface area contributed by atoms with Crippen LogP contribution < -0.4 is 15.4 Å². The summed E-state index contributed by atoms with van der Waals surface area (Å²) in [4.78, 5) is 52.7. The number of nitrogens with one attached hydrogen (secondary N) is 2. The number of likely N-dealkylation sites (tertiary alicyclic amines) is 1. The van der Waals surface area contributed by atoms with E-state index in [0.717, 1.165) is 19.3 Å². The molecule has 8 nitrogen and oxygen atoms in total. The van der Waals surface area contributed by atoms with Crippen molar-refractivity contribution in [1.29, 1.82) is 0 Å². The van der Waals surface area contributed by atoms with Crippen LogP contribution in [0.1, 0.15) is 32.6 Å². The van der Waals surface area contributed by atoms with Crippen molar-refractivity contribution in [3.8, 4) is 5.75 Å². The summed E-state index contributed by atoms with van der Waals surface area (Å²) in [6.45, 7) is 1.18. The van der Waals surface area contributed by atoms with Gasteiger partial charge in [-0.1, -0.05) is 36.5 Å². The van der Waals surface area contributed by atoms with Crippen LogP contribution in [-0.2, 0) is 19.2 Å². The van der Waals surface area contributed by atoms with Crippen LogP contribution in [0.5, 0.6) is 5.75 Å². The van der Waals surface area contributed by atoms with Crippen molar-refractivity contribution in [1.82, 2.24) is 15.5 Å². The highest BCUT2D eigenvalue weighted by Gasteiger charge is 2.50. The first kappa shape index (κ1) is 26.7. The minimum absolute atomic E-state index is 0.0223. The summed E-state index contributed by atoms with van der Waals surface area (Å²) in [7, 11) is 0. The second kappa shape index (κ2) is 11.3. The summed E-state index contributed by atoms with van der Waals surface area (Å²) in [6.07, 6.45) is 2.65. The molecule has 3 amide bonds. The average Bonchev–Trinajstić information content (AvgIpc) is 3.53. The first-order valence-corrected chi connectivity index (χ1v) is 13.0. The van der Waals surface area contributed by atoms with Gasteiger partial charge in [-0.25, -0.2) is 4.39 Å². The van der Waals surface area contributed by atoms with E-state index in [4.69, 9.17) is 27.9 Å². The number of carbonyl (C=O) groups excluding carboxylic acids is 4. The van der Waals surface area contributed by atoms with Crippen LogP contribution in [0.25, 0.3) is 0 Å². The molecule has 3 aliphatic rings. The molecule has 0 bridgehead atoms. The minimum atomic E-state index is -1.25. The molecule has 2 heterocycles. The maximum atomic E-state index is 13.5. The number of halogens is 3. The quantitative estimate of drug-likeness (QED) is 0.500. The second-order valence-corrected chi connectivity index (χ2v) is 10.8. The van der Waals surface area contributed by atoms with E-state index in [1.54, 1.807) is 12.1 Å². The molecule has 4 rings (SSSR count). The molecule has 2 saturated heterocycles. The van der Waals surface area contributed by atoms with Crippen molar-refractivity contribution in [3.05, 3.63) is 28.2 Å². The van der Waals surface area contributed by atoms with Gasteiger partial charge in [-0.2, -0.15) is 0 Å². The highest BCUT2D eigenvalue weighted by Crippen LogP contribution is 2.42. The van der Waals surface area contributed by atoms with Crippen molar-refractivity contribution in [2.24, 2.45) is 23.7 Å². The van der Waals surface area contributed by atoms with Crippen LogP contribution in [0.4, 0.5) is 4.39 Å². The van der Waals surface area contributed by atoms with E-state index in [-0.39, 0.29) is 47.6 Å². The number of ketones is 1. The third-order valence-electron chi connectivity index (χ3n) is 7.67. The Kier molecular flexibility index (Phi) is 8.40. The van der Waals surface area contributed by atoms with Crippen molar-refractivity contribution < 1.29 is 28.3 Å². The number of amides is 3. The molecule has 1 aromatic carbocycles. The van der Waals surface area contributed by atoms with Gasteiger partial charge in [0.15, 0.2) is 12.4 Å². The van der Waals surface area contributed by atoms with Gasteiger partial charge < -0.3 is 20.3 Å². The molecule has 2 unspecified atom stereocenters. The number of carbonyl (C=O) groups is 4. The highest BCUT2D eigenvalue weighted by molar-refractivity contribution is 6.35. The van der Waals surface area contributed by atoms with Crippen LogP contribution in [0.2, 0.25) is 10.0 Å². The first-order chi connectivity index (χ1) is 17.2. The molecule has 2 N–H and O–H groups in total. The summed E-state index contributed by atoms with van der Waals surface area (Å²) in [6, 6.07) is 2.73. The van der Waals surface area contributed by atoms with E-state index >= 15 is 0 Å². The lowest BCUT2D eigenvalue weighted by atomic mass is 9.88. The lowest BCUT2D eigenvalue weighted by Crippen LogP contribution is -2.54. The van der Waals surface area contributed by atoms with E-state index < -0.39 is 36.4 Å². The SMILES string of the molecule is CC1CNC(=O)[C@@H]1C[C@H](NC(=O)[C@@H]1C2CCC[C@H]2CN1C(=O)COc1ccc(Cl)cc1Cl)C(=O)CF. The molecule has 36 heavy (non-hydrogen) atoms. The molecule has 1 aromatic rings.